The zero-order chi connectivity index (χ0) is 16.9. The van der Waals surface area contributed by atoms with Crippen molar-refractivity contribution in [3.05, 3.63) is 101 Å². The van der Waals surface area contributed by atoms with Crippen molar-refractivity contribution in [2.45, 2.75) is 26.0 Å². The summed E-state index contributed by atoms with van der Waals surface area (Å²) in [5.74, 6) is 0. The first-order valence-electron chi connectivity index (χ1n) is 8.26. The van der Waals surface area contributed by atoms with Crippen LogP contribution < -0.4 is 5.32 Å². The molecule has 24 heavy (non-hydrogen) atoms. The minimum atomic E-state index is -0.632. The van der Waals surface area contributed by atoms with Gasteiger partial charge >= 0.3 is 0 Å². The lowest BCUT2D eigenvalue weighted by atomic mass is 9.93. The number of rotatable bonds is 5. The van der Waals surface area contributed by atoms with Crippen LogP contribution in [0.1, 0.15) is 34.4 Å². The van der Waals surface area contributed by atoms with Gasteiger partial charge in [0, 0.05) is 5.69 Å². The molecule has 0 radical (unpaired) electrons. The third-order valence-electron chi connectivity index (χ3n) is 4.20. The van der Waals surface area contributed by atoms with Gasteiger partial charge in [0.05, 0.1) is 6.04 Å². The number of hydrogen-bond donors (Lipinski definition) is 2. The quantitative estimate of drug-likeness (QED) is 0.678. The molecule has 0 aromatic heterocycles. The molecule has 0 saturated heterocycles. The number of aryl methyl sites for hydroxylation is 2. The molecule has 3 aromatic rings. The average Bonchev–Trinajstić information content (AvgIpc) is 2.60. The molecule has 2 N–H and O–H groups in total. The Balaban J connectivity index is 1.98. The van der Waals surface area contributed by atoms with E-state index in [0.29, 0.717) is 0 Å². The Morgan fingerprint density at radius 2 is 1.29 bits per heavy atom. The molecule has 2 nitrogen and oxygen atoms in total. The maximum atomic E-state index is 11.0. The molecule has 122 valence electrons. The predicted molar refractivity (Wildman–Crippen MR) is 100 cm³/mol. The first-order chi connectivity index (χ1) is 11.6. The van der Waals surface area contributed by atoms with Gasteiger partial charge in [-0.2, -0.15) is 0 Å². The zero-order valence-corrected chi connectivity index (χ0v) is 14.1. The van der Waals surface area contributed by atoms with E-state index in [9.17, 15) is 5.11 Å². The standard InChI is InChI=1S/C22H23NO/c1-16-8-6-10-18(14-16)21(23-20-12-4-3-5-13-20)22(24)19-11-7-9-17(2)15-19/h3-15,21-24H,1-2H3/t21-,22-/m1/s1. The number of anilines is 1. The van der Waals surface area contributed by atoms with Crippen LogP contribution in [-0.2, 0) is 0 Å². The van der Waals surface area contributed by atoms with Crippen molar-refractivity contribution in [1.29, 1.82) is 0 Å². The summed E-state index contributed by atoms with van der Waals surface area (Å²) in [6, 6.07) is 26.2. The molecular formula is C22H23NO. The third kappa shape index (κ3) is 3.84. The van der Waals surface area contributed by atoms with Crippen LogP contribution in [0.25, 0.3) is 0 Å². The van der Waals surface area contributed by atoms with Crippen LogP contribution >= 0.6 is 0 Å². The van der Waals surface area contributed by atoms with Crippen molar-refractivity contribution in [1.82, 2.24) is 0 Å². The van der Waals surface area contributed by atoms with E-state index in [-0.39, 0.29) is 6.04 Å². The summed E-state index contributed by atoms with van der Waals surface area (Å²) in [5, 5.41) is 14.5. The van der Waals surface area contributed by atoms with Gasteiger partial charge < -0.3 is 10.4 Å². The van der Waals surface area contributed by atoms with Gasteiger partial charge in [0.2, 0.25) is 0 Å². The van der Waals surface area contributed by atoms with E-state index in [0.717, 1.165) is 22.4 Å². The van der Waals surface area contributed by atoms with Crippen molar-refractivity contribution in [3.63, 3.8) is 0 Å². The van der Waals surface area contributed by atoms with Crippen molar-refractivity contribution < 1.29 is 5.11 Å². The first-order valence-corrected chi connectivity index (χ1v) is 8.26. The SMILES string of the molecule is Cc1cccc([C@@H](O)[C@H](Nc2ccccc2)c2cccc(C)c2)c1. The summed E-state index contributed by atoms with van der Waals surface area (Å²) in [6.45, 7) is 4.12. The van der Waals surface area contributed by atoms with E-state index in [1.165, 1.54) is 5.56 Å². The summed E-state index contributed by atoms with van der Waals surface area (Å²) in [6.07, 6.45) is -0.632. The predicted octanol–water partition coefficient (Wildman–Crippen LogP) is 5.19. The molecule has 0 fully saturated rings. The monoisotopic (exact) mass is 317 g/mol. The number of aliphatic hydroxyl groups is 1. The van der Waals surface area contributed by atoms with Gasteiger partial charge in [0.25, 0.3) is 0 Å². The second-order valence-corrected chi connectivity index (χ2v) is 6.26. The summed E-state index contributed by atoms with van der Waals surface area (Å²) in [4.78, 5) is 0. The molecule has 0 aliphatic heterocycles. The Bertz CT molecular complexity index is 798. The van der Waals surface area contributed by atoms with Crippen molar-refractivity contribution in [2.24, 2.45) is 0 Å². The summed E-state index contributed by atoms with van der Waals surface area (Å²) < 4.78 is 0. The highest BCUT2D eigenvalue weighted by molar-refractivity contribution is 5.47. The first kappa shape index (κ1) is 16.3. The lowest BCUT2D eigenvalue weighted by Crippen LogP contribution is -2.19. The minimum absolute atomic E-state index is 0.214. The molecule has 0 heterocycles. The van der Waals surface area contributed by atoms with Crippen LogP contribution in [0.15, 0.2) is 78.9 Å². The normalized spacial score (nSPS) is 13.3. The fourth-order valence-electron chi connectivity index (χ4n) is 2.97. The van der Waals surface area contributed by atoms with Crippen LogP contribution in [0.4, 0.5) is 5.69 Å². The molecule has 3 rings (SSSR count). The van der Waals surface area contributed by atoms with Gasteiger partial charge in [0.1, 0.15) is 6.10 Å². The molecule has 2 heteroatoms. The molecule has 0 bridgehead atoms. The number of benzene rings is 3. The molecule has 3 aromatic carbocycles. The van der Waals surface area contributed by atoms with Crippen LogP contribution in [-0.4, -0.2) is 5.11 Å². The number of para-hydroxylation sites is 1. The lowest BCUT2D eigenvalue weighted by molar-refractivity contribution is 0.155. The highest BCUT2D eigenvalue weighted by atomic mass is 16.3. The highest BCUT2D eigenvalue weighted by Gasteiger charge is 2.23. The molecule has 0 aliphatic rings. The fourth-order valence-corrected chi connectivity index (χ4v) is 2.97. The van der Waals surface area contributed by atoms with Gasteiger partial charge in [-0.3, -0.25) is 0 Å². The van der Waals surface area contributed by atoms with Gasteiger partial charge in [0.15, 0.2) is 0 Å². The van der Waals surface area contributed by atoms with Gasteiger partial charge in [-0.05, 0) is 37.1 Å². The maximum absolute atomic E-state index is 11.0. The zero-order valence-electron chi connectivity index (χ0n) is 14.1. The van der Waals surface area contributed by atoms with E-state index >= 15 is 0 Å². The molecule has 0 spiro atoms. The third-order valence-corrected chi connectivity index (χ3v) is 4.20. The minimum Gasteiger partial charge on any atom is -0.386 e. The number of nitrogens with one attached hydrogen (secondary N) is 1. The average molecular weight is 317 g/mol. The van der Waals surface area contributed by atoms with Crippen LogP contribution in [0.5, 0.6) is 0 Å². The van der Waals surface area contributed by atoms with Gasteiger partial charge in [-0.1, -0.05) is 77.9 Å². The van der Waals surface area contributed by atoms with Crippen molar-refractivity contribution >= 4 is 5.69 Å². The lowest BCUT2D eigenvalue weighted by Gasteiger charge is -2.26. The molecule has 2 atom stereocenters. The Morgan fingerprint density at radius 1 is 0.708 bits per heavy atom. The van der Waals surface area contributed by atoms with Gasteiger partial charge in [-0.15, -0.1) is 0 Å². The number of aliphatic hydroxyl groups excluding tert-OH is 1. The summed E-state index contributed by atoms with van der Waals surface area (Å²) in [5.41, 5.74) is 5.33. The fraction of sp³-hybridized carbons (Fsp3) is 0.182. The Kier molecular flexibility index (Phi) is 4.97. The summed E-state index contributed by atoms with van der Waals surface area (Å²) >= 11 is 0. The van der Waals surface area contributed by atoms with E-state index in [1.54, 1.807) is 0 Å². The summed E-state index contributed by atoms with van der Waals surface area (Å²) in [7, 11) is 0. The van der Waals surface area contributed by atoms with E-state index in [1.807, 2.05) is 67.6 Å². The van der Waals surface area contributed by atoms with Crippen molar-refractivity contribution in [3.8, 4) is 0 Å². The second kappa shape index (κ2) is 7.33. The molecular weight excluding hydrogens is 294 g/mol. The Labute approximate surface area is 143 Å². The Morgan fingerprint density at radius 3 is 1.92 bits per heavy atom. The topological polar surface area (TPSA) is 32.3 Å². The van der Waals surface area contributed by atoms with Crippen molar-refractivity contribution in [2.75, 3.05) is 5.32 Å². The molecule has 0 saturated carbocycles. The Hall–Kier alpha value is -2.58. The van der Waals surface area contributed by atoms with E-state index in [4.69, 9.17) is 0 Å². The highest BCUT2D eigenvalue weighted by Crippen LogP contribution is 2.32. The van der Waals surface area contributed by atoms with Crippen LogP contribution in [0.3, 0.4) is 0 Å². The van der Waals surface area contributed by atoms with Crippen LogP contribution in [0.2, 0.25) is 0 Å². The van der Waals surface area contributed by atoms with E-state index < -0.39 is 6.10 Å². The molecule has 0 aliphatic carbocycles. The molecule has 0 unspecified atom stereocenters. The second-order valence-electron chi connectivity index (χ2n) is 6.26. The van der Waals surface area contributed by atoms with E-state index in [2.05, 4.69) is 30.4 Å². The van der Waals surface area contributed by atoms with Crippen LogP contribution in [0, 0.1) is 13.8 Å². The largest absolute Gasteiger partial charge is 0.386 e. The smallest absolute Gasteiger partial charge is 0.103 e. The maximum Gasteiger partial charge on any atom is 0.103 e. The van der Waals surface area contributed by atoms with Gasteiger partial charge in [-0.25, -0.2) is 0 Å². The molecule has 0 amide bonds. The number of hydrogen-bond acceptors (Lipinski definition) is 2.